The molecule has 8 nitrogen and oxygen atoms in total. The first-order valence-corrected chi connectivity index (χ1v) is 8.38. The number of ether oxygens (including phenoxy) is 7. The monoisotopic (exact) mass is 372 g/mol. The molecular weight excluding hydrogens is 344 g/mol. The molecule has 0 fully saturated rings. The van der Waals surface area contributed by atoms with Crippen LogP contribution in [0.3, 0.4) is 0 Å². The Hall–Kier alpha value is -2.03. The highest BCUT2D eigenvalue weighted by molar-refractivity contribution is 5.94. The number of carbonyl (C=O) groups is 1. The average Bonchev–Trinajstić information content (AvgIpc) is 2.67. The number of rotatable bonds is 14. The molecule has 0 atom stereocenters. The van der Waals surface area contributed by atoms with Gasteiger partial charge in [0.15, 0.2) is 11.5 Å². The van der Waals surface area contributed by atoms with E-state index in [9.17, 15) is 4.79 Å². The molecule has 26 heavy (non-hydrogen) atoms. The van der Waals surface area contributed by atoms with Gasteiger partial charge in [0, 0.05) is 6.61 Å². The van der Waals surface area contributed by atoms with Gasteiger partial charge in [-0.3, -0.25) is 0 Å². The van der Waals surface area contributed by atoms with Gasteiger partial charge in [-0.2, -0.15) is 0 Å². The zero-order valence-corrected chi connectivity index (χ0v) is 15.9. The molecule has 1 aromatic rings. The molecule has 0 N–H and O–H groups in total. The van der Waals surface area contributed by atoms with Crippen LogP contribution in [-0.2, 0) is 18.9 Å². The van der Waals surface area contributed by atoms with E-state index in [0.717, 1.165) is 0 Å². The van der Waals surface area contributed by atoms with Gasteiger partial charge in [0.2, 0.25) is 5.75 Å². The van der Waals surface area contributed by atoms with Crippen LogP contribution in [0.5, 0.6) is 17.2 Å². The Morgan fingerprint density at radius 2 is 1.35 bits per heavy atom. The predicted octanol–water partition coefficient (Wildman–Crippen LogP) is 1.94. The summed E-state index contributed by atoms with van der Waals surface area (Å²) >= 11 is 0. The number of carbonyl (C=O) groups excluding carboxylic acids is 1. The van der Waals surface area contributed by atoms with Gasteiger partial charge in [0.1, 0.15) is 12.2 Å². The van der Waals surface area contributed by atoms with Crippen LogP contribution in [0.1, 0.15) is 17.3 Å². The Morgan fingerprint density at radius 3 is 1.88 bits per heavy atom. The first kappa shape index (κ1) is 22.0. The molecule has 0 spiro atoms. The number of methoxy groups -OCH3 is 3. The Labute approximate surface area is 154 Å². The van der Waals surface area contributed by atoms with Crippen molar-refractivity contribution in [3.05, 3.63) is 17.7 Å². The molecule has 148 valence electrons. The average molecular weight is 372 g/mol. The lowest BCUT2D eigenvalue weighted by atomic mass is 10.1. The summed E-state index contributed by atoms with van der Waals surface area (Å²) in [6.07, 6.45) is 0. The molecule has 0 radical (unpaired) electrons. The summed E-state index contributed by atoms with van der Waals surface area (Å²) in [5.41, 5.74) is 0.254. The van der Waals surface area contributed by atoms with Gasteiger partial charge in [-0.05, 0) is 19.1 Å². The van der Waals surface area contributed by atoms with Crippen molar-refractivity contribution in [1.82, 2.24) is 0 Å². The molecule has 0 saturated carbocycles. The minimum Gasteiger partial charge on any atom is -0.493 e. The van der Waals surface area contributed by atoms with Crippen molar-refractivity contribution in [3.8, 4) is 17.2 Å². The van der Waals surface area contributed by atoms with Crippen molar-refractivity contribution in [2.24, 2.45) is 0 Å². The van der Waals surface area contributed by atoms with Gasteiger partial charge >= 0.3 is 5.97 Å². The van der Waals surface area contributed by atoms with Crippen molar-refractivity contribution in [2.75, 3.05) is 67.6 Å². The fourth-order valence-corrected chi connectivity index (χ4v) is 2.12. The fourth-order valence-electron chi connectivity index (χ4n) is 2.12. The van der Waals surface area contributed by atoms with Crippen LogP contribution in [0.4, 0.5) is 0 Å². The van der Waals surface area contributed by atoms with E-state index in [1.165, 1.54) is 21.3 Å². The van der Waals surface area contributed by atoms with E-state index in [4.69, 9.17) is 33.2 Å². The second kappa shape index (κ2) is 13.2. The second-order valence-electron chi connectivity index (χ2n) is 4.94. The Morgan fingerprint density at radius 1 is 0.769 bits per heavy atom. The number of hydrogen-bond donors (Lipinski definition) is 0. The molecule has 1 aromatic carbocycles. The molecule has 0 unspecified atom stereocenters. The summed E-state index contributed by atoms with van der Waals surface area (Å²) in [4.78, 5) is 12.2. The van der Waals surface area contributed by atoms with Crippen LogP contribution in [0.25, 0.3) is 0 Å². The van der Waals surface area contributed by atoms with Crippen LogP contribution < -0.4 is 14.2 Å². The lowest BCUT2D eigenvalue weighted by Gasteiger charge is -2.15. The van der Waals surface area contributed by atoms with E-state index in [-0.39, 0.29) is 24.5 Å². The van der Waals surface area contributed by atoms with E-state index < -0.39 is 5.97 Å². The molecule has 0 bridgehead atoms. The third-order valence-electron chi connectivity index (χ3n) is 3.33. The van der Waals surface area contributed by atoms with E-state index in [0.29, 0.717) is 44.5 Å². The maximum atomic E-state index is 12.2. The molecule has 0 aliphatic rings. The largest absolute Gasteiger partial charge is 0.493 e. The highest BCUT2D eigenvalue weighted by Crippen LogP contribution is 2.39. The maximum absolute atomic E-state index is 12.2. The van der Waals surface area contributed by atoms with Crippen LogP contribution in [0.15, 0.2) is 12.1 Å². The second-order valence-corrected chi connectivity index (χ2v) is 4.94. The van der Waals surface area contributed by atoms with Crippen molar-refractivity contribution in [3.63, 3.8) is 0 Å². The van der Waals surface area contributed by atoms with Crippen molar-refractivity contribution < 1.29 is 38.0 Å². The minimum absolute atomic E-state index is 0.120. The van der Waals surface area contributed by atoms with E-state index >= 15 is 0 Å². The van der Waals surface area contributed by atoms with Crippen LogP contribution in [0, 0.1) is 0 Å². The minimum atomic E-state index is -0.528. The quantitative estimate of drug-likeness (QED) is 0.362. The van der Waals surface area contributed by atoms with Gasteiger partial charge in [-0.15, -0.1) is 0 Å². The van der Waals surface area contributed by atoms with Gasteiger partial charge in [-0.1, -0.05) is 0 Å². The molecular formula is C18H28O8. The van der Waals surface area contributed by atoms with Crippen LogP contribution >= 0.6 is 0 Å². The Kier molecular flexibility index (Phi) is 11.2. The van der Waals surface area contributed by atoms with Crippen LogP contribution in [0.2, 0.25) is 0 Å². The Bertz CT molecular complexity index is 532. The molecule has 0 amide bonds. The summed E-state index contributed by atoms with van der Waals surface area (Å²) < 4.78 is 36.7. The molecule has 0 aliphatic heterocycles. The first-order valence-electron chi connectivity index (χ1n) is 8.38. The van der Waals surface area contributed by atoms with Gasteiger partial charge in [0.05, 0.1) is 54.4 Å². The lowest BCUT2D eigenvalue weighted by Crippen LogP contribution is -2.14. The summed E-state index contributed by atoms with van der Waals surface area (Å²) in [6, 6.07) is 3.18. The molecule has 0 heterocycles. The molecule has 0 saturated heterocycles. The zero-order chi connectivity index (χ0) is 19.2. The topological polar surface area (TPSA) is 81.7 Å². The fraction of sp³-hybridized carbons (Fsp3) is 0.611. The Balaban J connectivity index is 2.35. The van der Waals surface area contributed by atoms with Gasteiger partial charge < -0.3 is 33.2 Å². The molecule has 1 rings (SSSR count). The van der Waals surface area contributed by atoms with Crippen LogP contribution in [-0.4, -0.2) is 73.5 Å². The lowest BCUT2D eigenvalue weighted by molar-refractivity contribution is 0.00171. The van der Waals surface area contributed by atoms with Crippen molar-refractivity contribution in [1.29, 1.82) is 0 Å². The molecule has 8 heteroatoms. The summed E-state index contributed by atoms with van der Waals surface area (Å²) in [5, 5.41) is 0. The molecule has 0 aromatic heterocycles. The third kappa shape index (κ3) is 7.07. The SMILES string of the molecule is CCOCCOCCOCCOC(=O)c1ccc(OC)c(OC)c1OC. The predicted molar refractivity (Wildman–Crippen MR) is 94.5 cm³/mol. The highest BCUT2D eigenvalue weighted by atomic mass is 16.6. The van der Waals surface area contributed by atoms with E-state index in [1.807, 2.05) is 6.92 Å². The first-order chi connectivity index (χ1) is 12.7. The summed E-state index contributed by atoms with van der Waals surface area (Å²) in [5.74, 6) is 0.540. The number of esters is 1. The van der Waals surface area contributed by atoms with Crippen molar-refractivity contribution in [2.45, 2.75) is 6.92 Å². The highest BCUT2D eigenvalue weighted by Gasteiger charge is 2.21. The number of hydrogen-bond acceptors (Lipinski definition) is 8. The number of benzene rings is 1. The maximum Gasteiger partial charge on any atom is 0.342 e. The van der Waals surface area contributed by atoms with E-state index in [2.05, 4.69) is 0 Å². The normalized spacial score (nSPS) is 10.5. The summed E-state index contributed by atoms with van der Waals surface area (Å²) in [7, 11) is 4.43. The zero-order valence-electron chi connectivity index (χ0n) is 15.9. The van der Waals surface area contributed by atoms with Gasteiger partial charge in [-0.25, -0.2) is 4.79 Å². The third-order valence-corrected chi connectivity index (χ3v) is 3.33. The van der Waals surface area contributed by atoms with Crippen molar-refractivity contribution >= 4 is 5.97 Å². The summed E-state index contributed by atoms with van der Waals surface area (Å²) in [6.45, 7) is 4.99. The molecule has 0 aliphatic carbocycles. The van der Waals surface area contributed by atoms with E-state index in [1.54, 1.807) is 12.1 Å². The smallest absolute Gasteiger partial charge is 0.342 e. The standard InChI is InChI=1S/C18H28O8/c1-5-23-8-9-24-10-11-25-12-13-26-18(19)14-6-7-15(20-2)17(22-4)16(14)21-3/h6-7H,5,8-13H2,1-4H3. The van der Waals surface area contributed by atoms with Gasteiger partial charge in [0.25, 0.3) is 0 Å².